The molecule has 1 atom stereocenters. The first-order chi connectivity index (χ1) is 10.3. The summed E-state index contributed by atoms with van der Waals surface area (Å²) in [7, 11) is 0. The molecule has 3 aromatic rings. The average Bonchev–Trinajstić information content (AvgIpc) is 3.18. The van der Waals surface area contributed by atoms with E-state index in [1.54, 1.807) is 11.3 Å². The van der Waals surface area contributed by atoms with Crippen LogP contribution >= 0.6 is 22.9 Å². The lowest BCUT2D eigenvalue weighted by Gasteiger charge is -2.13. The van der Waals surface area contributed by atoms with Gasteiger partial charge in [-0.15, -0.1) is 16.4 Å². The summed E-state index contributed by atoms with van der Waals surface area (Å²) in [5.74, 6) is -0.134. The topological polar surface area (TPSA) is 54.9 Å². The lowest BCUT2D eigenvalue weighted by atomic mass is 10.1. The Labute approximate surface area is 130 Å². The van der Waals surface area contributed by atoms with Gasteiger partial charge in [0.2, 0.25) is 0 Å². The molecule has 0 aliphatic carbocycles. The highest BCUT2D eigenvalue weighted by atomic mass is 32.1. The highest BCUT2D eigenvalue weighted by Gasteiger charge is 2.20. The van der Waals surface area contributed by atoms with Crippen molar-refractivity contribution in [3.8, 4) is 10.6 Å². The fourth-order valence-corrected chi connectivity index (χ4v) is 3.36. The maximum atomic E-state index is 12.4. The first-order valence-electron chi connectivity index (χ1n) is 6.47. The standard InChI is InChI=1S/C15H13N3OS2/c1-10(11-6-3-2-4-7-11)16-15(19)14-13(17-18-21-14)12-8-5-9-20-12/h2-10H,1H3,(H,16,19)/t10-/m1/s1. The summed E-state index contributed by atoms with van der Waals surface area (Å²) < 4.78 is 3.92. The largest absolute Gasteiger partial charge is 0.345 e. The summed E-state index contributed by atoms with van der Waals surface area (Å²) in [4.78, 5) is 13.9. The fraction of sp³-hybridized carbons (Fsp3) is 0.133. The molecule has 1 aromatic carbocycles. The summed E-state index contributed by atoms with van der Waals surface area (Å²) in [6, 6.07) is 13.7. The van der Waals surface area contributed by atoms with Crippen molar-refractivity contribution in [2.24, 2.45) is 0 Å². The van der Waals surface area contributed by atoms with Crippen molar-refractivity contribution in [3.63, 3.8) is 0 Å². The zero-order chi connectivity index (χ0) is 14.7. The average molecular weight is 315 g/mol. The van der Waals surface area contributed by atoms with E-state index in [4.69, 9.17) is 0 Å². The van der Waals surface area contributed by atoms with Gasteiger partial charge in [-0.1, -0.05) is 40.9 Å². The third kappa shape index (κ3) is 3.01. The SMILES string of the molecule is C[C@@H](NC(=O)c1snnc1-c1cccs1)c1ccccc1. The van der Waals surface area contributed by atoms with Crippen molar-refractivity contribution in [1.29, 1.82) is 0 Å². The van der Waals surface area contributed by atoms with E-state index < -0.39 is 0 Å². The molecule has 0 radical (unpaired) electrons. The molecular formula is C15H13N3OS2. The van der Waals surface area contributed by atoms with Crippen molar-refractivity contribution >= 4 is 28.8 Å². The molecule has 0 saturated heterocycles. The molecule has 0 aliphatic heterocycles. The Morgan fingerprint density at radius 3 is 2.71 bits per heavy atom. The first kappa shape index (κ1) is 13.9. The van der Waals surface area contributed by atoms with Gasteiger partial charge in [0, 0.05) is 0 Å². The van der Waals surface area contributed by atoms with Crippen LogP contribution in [-0.2, 0) is 0 Å². The molecule has 0 fully saturated rings. The van der Waals surface area contributed by atoms with Gasteiger partial charge in [0.1, 0.15) is 10.6 Å². The summed E-state index contributed by atoms with van der Waals surface area (Å²) in [6.45, 7) is 1.96. The van der Waals surface area contributed by atoms with E-state index in [9.17, 15) is 4.79 Å². The van der Waals surface area contributed by atoms with Crippen LogP contribution < -0.4 is 5.32 Å². The molecule has 6 heteroatoms. The van der Waals surface area contributed by atoms with Crippen LogP contribution in [0.15, 0.2) is 47.8 Å². The Kier molecular flexibility index (Phi) is 4.08. The first-order valence-corrected chi connectivity index (χ1v) is 8.13. The molecule has 0 bridgehead atoms. The minimum absolute atomic E-state index is 0.0583. The maximum Gasteiger partial charge on any atom is 0.265 e. The number of carbonyl (C=O) groups excluding carboxylic acids is 1. The van der Waals surface area contributed by atoms with Crippen LogP contribution in [0.2, 0.25) is 0 Å². The molecule has 3 rings (SSSR count). The highest BCUT2D eigenvalue weighted by Crippen LogP contribution is 2.28. The second-order valence-corrected chi connectivity index (χ2v) is 6.24. The second-order valence-electron chi connectivity index (χ2n) is 4.53. The van der Waals surface area contributed by atoms with Gasteiger partial charge in [0.25, 0.3) is 5.91 Å². The van der Waals surface area contributed by atoms with Gasteiger partial charge in [-0.25, -0.2) is 0 Å². The monoisotopic (exact) mass is 315 g/mol. The Hall–Kier alpha value is -2.05. The minimum atomic E-state index is -0.134. The van der Waals surface area contributed by atoms with Crippen molar-refractivity contribution in [3.05, 3.63) is 58.3 Å². The molecule has 4 nitrogen and oxygen atoms in total. The Morgan fingerprint density at radius 1 is 1.19 bits per heavy atom. The van der Waals surface area contributed by atoms with Gasteiger partial charge in [0.15, 0.2) is 0 Å². The van der Waals surface area contributed by atoms with Crippen molar-refractivity contribution < 1.29 is 4.79 Å². The molecular weight excluding hydrogens is 302 g/mol. The van der Waals surface area contributed by atoms with E-state index in [0.717, 1.165) is 22.0 Å². The predicted octanol–water partition coefficient (Wildman–Crippen LogP) is 3.76. The number of hydrogen-bond acceptors (Lipinski definition) is 5. The van der Waals surface area contributed by atoms with Crippen molar-refractivity contribution in [1.82, 2.24) is 14.9 Å². The summed E-state index contributed by atoms with van der Waals surface area (Å²) in [5.41, 5.74) is 1.73. The smallest absolute Gasteiger partial charge is 0.265 e. The minimum Gasteiger partial charge on any atom is -0.345 e. The second kappa shape index (κ2) is 6.15. The third-order valence-corrected chi connectivity index (χ3v) is 4.70. The Bertz CT molecular complexity index is 722. The van der Waals surface area contributed by atoms with Gasteiger partial charge in [-0.3, -0.25) is 4.79 Å². The van der Waals surface area contributed by atoms with Crippen LogP contribution in [-0.4, -0.2) is 15.5 Å². The molecule has 2 heterocycles. The van der Waals surface area contributed by atoms with Crippen LogP contribution in [0, 0.1) is 0 Å². The molecule has 2 aromatic heterocycles. The molecule has 1 N–H and O–H groups in total. The van der Waals surface area contributed by atoms with Crippen LogP contribution in [0.4, 0.5) is 0 Å². The molecule has 0 spiro atoms. The van der Waals surface area contributed by atoms with E-state index in [0.29, 0.717) is 10.6 Å². The van der Waals surface area contributed by atoms with E-state index in [2.05, 4.69) is 14.9 Å². The van der Waals surface area contributed by atoms with E-state index in [1.165, 1.54) is 0 Å². The van der Waals surface area contributed by atoms with Crippen LogP contribution in [0.1, 0.15) is 28.2 Å². The van der Waals surface area contributed by atoms with Crippen LogP contribution in [0.25, 0.3) is 10.6 Å². The summed E-state index contributed by atoms with van der Waals surface area (Å²) in [6.07, 6.45) is 0. The number of aromatic nitrogens is 2. The molecule has 0 aliphatic rings. The number of nitrogens with zero attached hydrogens (tertiary/aromatic N) is 2. The quantitative estimate of drug-likeness (QED) is 0.797. The molecule has 0 unspecified atom stereocenters. The molecule has 21 heavy (non-hydrogen) atoms. The Balaban J connectivity index is 1.79. The number of hydrogen-bond donors (Lipinski definition) is 1. The van der Waals surface area contributed by atoms with Crippen molar-refractivity contribution in [2.75, 3.05) is 0 Å². The fourth-order valence-electron chi connectivity index (χ4n) is 2.00. The lowest BCUT2D eigenvalue weighted by molar-refractivity contribution is 0.0944. The van der Waals surface area contributed by atoms with E-state index in [-0.39, 0.29) is 11.9 Å². The molecule has 1 amide bonds. The number of carbonyl (C=O) groups is 1. The number of nitrogens with one attached hydrogen (secondary N) is 1. The third-order valence-electron chi connectivity index (χ3n) is 3.10. The van der Waals surface area contributed by atoms with Gasteiger partial charge in [-0.2, -0.15) is 0 Å². The van der Waals surface area contributed by atoms with Crippen LogP contribution in [0.5, 0.6) is 0 Å². The van der Waals surface area contributed by atoms with Gasteiger partial charge in [0.05, 0.1) is 10.9 Å². The van der Waals surface area contributed by atoms with Crippen molar-refractivity contribution in [2.45, 2.75) is 13.0 Å². The van der Waals surface area contributed by atoms with Gasteiger partial charge >= 0.3 is 0 Å². The number of rotatable bonds is 4. The maximum absolute atomic E-state index is 12.4. The number of benzene rings is 1. The predicted molar refractivity (Wildman–Crippen MR) is 85.5 cm³/mol. The zero-order valence-corrected chi connectivity index (χ0v) is 12.9. The zero-order valence-electron chi connectivity index (χ0n) is 11.3. The molecule has 0 saturated carbocycles. The summed E-state index contributed by atoms with van der Waals surface area (Å²) in [5, 5.41) is 9.04. The normalized spacial score (nSPS) is 12.0. The van der Waals surface area contributed by atoms with Gasteiger partial charge in [-0.05, 0) is 35.5 Å². The van der Waals surface area contributed by atoms with Crippen LogP contribution in [0.3, 0.4) is 0 Å². The van der Waals surface area contributed by atoms with E-state index >= 15 is 0 Å². The lowest BCUT2D eigenvalue weighted by Crippen LogP contribution is -2.26. The molecule has 106 valence electrons. The highest BCUT2D eigenvalue weighted by molar-refractivity contribution is 7.14. The van der Waals surface area contributed by atoms with Gasteiger partial charge < -0.3 is 5.32 Å². The Morgan fingerprint density at radius 2 is 2.00 bits per heavy atom. The van der Waals surface area contributed by atoms with E-state index in [1.807, 2.05) is 54.8 Å². The number of thiophene rings is 1. The summed E-state index contributed by atoms with van der Waals surface area (Å²) >= 11 is 2.68. The number of amides is 1.